The van der Waals surface area contributed by atoms with E-state index in [9.17, 15) is 4.79 Å². The molecule has 0 aliphatic carbocycles. The molecule has 1 amide bonds. The van der Waals surface area contributed by atoms with Crippen LogP contribution < -0.4 is 0 Å². The van der Waals surface area contributed by atoms with E-state index in [4.69, 9.17) is 0 Å². The summed E-state index contributed by atoms with van der Waals surface area (Å²) in [6, 6.07) is 1.05. The van der Waals surface area contributed by atoms with Crippen molar-refractivity contribution < 1.29 is 4.79 Å². The van der Waals surface area contributed by atoms with Gasteiger partial charge < -0.3 is 4.90 Å². The van der Waals surface area contributed by atoms with Crippen molar-refractivity contribution in [3.8, 4) is 0 Å². The summed E-state index contributed by atoms with van der Waals surface area (Å²) in [5.41, 5.74) is 0. The molecule has 2 fully saturated rings. The van der Waals surface area contributed by atoms with Gasteiger partial charge >= 0.3 is 0 Å². The Hall–Kier alpha value is -0.570. The third-order valence-corrected chi connectivity index (χ3v) is 4.40. The zero-order valence-corrected chi connectivity index (χ0v) is 11.3. The minimum atomic E-state index is 0.353. The van der Waals surface area contributed by atoms with E-state index in [2.05, 4.69) is 23.6 Å². The molecule has 2 heterocycles. The maximum absolute atomic E-state index is 12.3. The normalized spacial score (nSPS) is 31.5. The van der Waals surface area contributed by atoms with E-state index in [1.54, 1.807) is 0 Å². The number of hydrogen-bond donors (Lipinski definition) is 0. The van der Waals surface area contributed by atoms with Crippen molar-refractivity contribution in [1.82, 2.24) is 9.80 Å². The van der Waals surface area contributed by atoms with Gasteiger partial charge in [0.05, 0.1) is 6.54 Å². The van der Waals surface area contributed by atoms with Crippen LogP contribution in [-0.4, -0.2) is 47.4 Å². The van der Waals surface area contributed by atoms with Gasteiger partial charge in [-0.25, -0.2) is 0 Å². The number of nitrogens with zero attached hydrogens (tertiary/aromatic N) is 2. The monoisotopic (exact) mass is 238 g/mol. The van der Waals surface area contributed by atoms with Crippen LogP contribution in [0.4, 0.5) is 0 Å². The lowest BCUT2D eigenvalue weighted by atomic mass is 10.0. The van der Waals surface area contributed by atoms with Gasteiger partial charge in [0, 0.05) is 18.6 Å². The minimum absolute atomic E-state index is 0.353. The van der Waals surface area contributed by atoms with Crippen LogP contribution in [0.5, 0.6) is 0 Å². The van der Waals surface area contributed by atoms with Crippen LogP contribution in [0.2, 0.25) is 0 Å². The van der Waals surface area contributed by atoms with Gasteiger partial charge in [0.2, 0.25) is 5.91 Å². The van der Waals surface area contributed by atoms with Crippen molar-refractivity contribution in [3.63, 3.8) is 0 Å². The summed E-state index contributed by atoms with van der Waals surface area (Å²) in [6.45, 7) is 7.17. The Morgan fingerprint density at radius 1 is 1.00 bits per heavy atom. The van der Waals surface area contributed by atoms with Gasteiger partial charge in [0.1, 0.15) is 0 Å². The van der Waals surface area contributed by atoms with Crippen molar-refractivity contribution in [1.29, 1.82) is 0 Å². The average Bonchev–Trinajstić information content (AvgIpc) is 2.32. The minimum Gasteiger partial charge on any atom is -0.339 e. The molecule has 2 aliphatic rings. The zero-order chi connectivity index (χ0) is 12.3. The molecule has 0 saturated carbocycles. The van der Waals surface area contributed by atoms with Crippen LogP contribution in [-0.2, 0) is 4.79 Å². The molecule has 17 heavy (non-hydrogen) atoms. The lowest BCUT2D eigenvalue weighted by molar-refractivity contribution is -0.136. The Morgan fingerprint density at radius 3 is 2.29 bits per heavy atom. The van der Waals surface area contributed by atoms with E-state index in [-0.39, 0.29) is 0 Å². The van der Waals surface area contributed by atoms with E-state index in [1.165, 1.54) is 38.5 Å². The molecule has 3 nitrogen and oxygen atoms in total. The second-order valence-electron chi connectivity index (χ2n) is 5.75. The molecular weight excluding hydrogens is 212 g/mol. The highest BCUT2D eigenvalue weighted by Crippen LogP contribution is 2.19. The SMILES string of the molecule is CC1CCCCN1CC(=O)N1CCCCC1C. The smallest absolute Gasteiger partial charge is 0.236 e. The second-order valence-corrected chi connectivity index (χ2v) is 5.75. The molecule has 2 unspecified atom stereocenters. The fraction of sp³-hybridized carbons (Fsp3) is 0.929. The van der Waals surface area contributed by atoms with Crippen molar-refractivity contribution in [2.45, 2.75) is 64.5 Å². The summed E-state index contributed by atoms with van der Waals surface area (Å²) < 4.78 is 0. The Bertz CT molecular complexity index is 267. The summed E-state index contributed by atoms with van der Waals surface area (Å²) in [5, 5.41) is 0. The van der Waals surface area contributed by atoms with Crippen LogP contribution in [0, 0.1) is 0 Å². The van der Waals surface area contributed by atoms with Crippen LogP contribution in [0.1, 0.15) is 52.4 Å². The largest absolute Gasteiger partial charge is 0.339 e. The number of amides is 1. The molecular formula is C14H26N2O. The molecule has 2 aliphatic heterocycles. The van der Waals surface area contributed by atoms with Crippen LogP contribution in [0.15, 0.2) is 0 Å². The Balaban J connectivity index is 1.86. The molecule has 2 atom stereocenters. The molecule has 0 aromatic carbocycles. The highest BCUT2D eigenvalue weighted by Gasteiger charge is 2.27. The third-order valence-electron chi connectivity index (χ3n) is 4.40. The van der Waals surface area contributed by atoms with Gasteiger partial charge in [-0.3, -0.25) is 9.69 Å². The van der Waals surface area contributed by atoms with Crippen LogP contribution in [0.25, 0.3) is 0 Å². The average molecular weight is 238 g/mol. The Morgan fingerprint density at radius 2 is 1.65 bits per heavy atom. The van der Waals surface area contributed by atoms with Gasteiger partial charge in [-0.05, 0) is 52.5 Å². The Labute approximate surface area is 105 Å². The fourth-order valence-electron chi connectivity index (χ4n) is 3.13. The van der Waals surface area contributed by atoms with Crippen molar-refractivity contribution in [2.24, 2.45) is 0 Å². The van der Waals surface area contributed by atoms with Gasteiger partial charge in [-0.2, -0.15) is 0 Å². The number of carbonyl (C=O) groups is 1. The number of carbonyl (C=O) groups excluding carboxylic acids is 1. The standard InChI is InChI=1S/C14H26N2O/c1-12-7-3-5-9-15(12)11-14(17)16-10-6-4-8-13(16)2/h12-13H,3-11H2,1-2H3. The molecule has 2 rings (SSSR count). The highest BCUT2D eigenvalue weighted by atomic mass is 16.2. The van der Waals surface area contributed by atoms with Crippen molar-refractivity contribution in [3.05, 3.63) is 0 Å². The first kappa shape index (κ1) is 12.9. The topological polar surface area (TPSA) is 23.6 Å². The number of hydrogen-bond acceptors (Lipinski definition) is 2. The van der Waals surface area contributed by atoms with E-state index in [0.29, 0.717) is 24.5 Å². The fourth-order valence-corrected chi connectivity index (χ4v) is 3.13. The first-order chi connectivity index (χ1) is 8.18. The van der Waals surface area contributed by atoms with E-state index < -0.39 is 0 Å². The van der Waals surface area contributed by atoms with Crippen molar-refractivity contribution >= 4 is 5.91 Å². The predicted molar refractivity (Wildman–Crippen MR) is 69.9 cm³/mol. The van der Waals surface area contributed by atoms with Gasteiger partial charge in [0.15, 0.2) is 0 Å². The Kier molecular flexibility index (Phi) is 4.43. The first-order valence-electron chi connectivity index (χ1n) is 7.22. The summed E-state index contributed by atoms with van der Waals surface area (Å²) in [4.78, 5) is 16.8. The van der Waals surface area contributed by atoms with Crippen molar-refractivity contribution in [2.75, 3.05) is 19.6 Å². The summed E-state index contributed by atoms with van der Waals surface area (Å²) >= 11 is 0. The number of rotatable bonds is 2. The molecule has 0 aromatic heterocycles. The van der Waals surface area contributed by atoms with E-state index >= 15 is 0 Å². The maximum Gasteiger partial charge on any atom is 0.236 e. The quantitative estimate of drug-likeness (QED) is 0.737. The molecule has 0 radical (unpaired) electrons. The number of likely N-dealkylation sites (tertiary alicyclic amines) is 2. The molecule has 0 N–H and O–H groups in total. The first-order valence-corrected chi connectivity index (χ1v) is 7.22. The van der Waals surface area contributed by atoms with E-state index in [1.807, 2.05) is 0 Å². The molecule has 2 saturated heterocycles. The van der Waals surface area contributed by atoms with Gasteiger partial charge in [-0.1, -0.05) is 6.42 Å². The maximum atomic E-state index is 12.3. The molecule has 3 heteroatoms. The summed E-state index contributed by atoms with van der Waals surface area (Å²) in [5.74, 6) is 0.353. The van der Waals surface area contributed by atoms with Crippen LogP contribution in [0.3, 0.4) is 0 Å². The van der Waals surface area contributed by atoms with Gasteiger partial charge in [0.25, 0.3) is 0 Å². The highest BCUT2D eigenvalue weighted by molar-refractivity contribution is 5.78. The molecule has 98 valence electrons. The number of piperidine rings is 2. The van der Waals surface area contributed by atoms with E-state index in [0.717, 1.165) is 13.1 Å². The lowest BCUT2D eigenvalue weighted by Crippen LogP contribution is -2.49. The molecule has 0 bridgehead atoms. The van der Waals surface area contributed by atoms with Gasteiger partial charge in [-0.15, -0.1) is 0 Å². The zero-order valence-electron chi connectivity index (χ0n) is 11.3. The summed E-state index contributed by atoms with van der Waals surface area (Å²) in [7, 11) is 0. The third kappa shape index (κ3) is 3.21. The molecule has 0 spiro atoms. The lowest BCUT2D eigenvalue weighted by Gasteiger charge is -2.38. The molecule has 0 aromatic rings. The predicted octanol–water partition coefficient (Wildman–Crippen LogP) is 2.26. The summed E-state index contributed by atoms with van der Waals surface area (Å²) in [6.07, 6.45) is 7.49. The van der Waals surface area contributed by atoms with Crippen LogP contribution >= 0.6 is 0 Å². The second kappa shape index (κ2) is 5.85.